The number of halogens is 3. The second kappa shape index (κ2) is 5.73. The van der Waals surface area contributed by atoms with E-state index >= 15 is 0 Å². The quantitative estimate of drug-likeness (QED) is 0.921. The molecule has 1 aromatic heterocycles. The van der Waals surface area contributed by atoms with Crippen LogP contribution in [0.1, 0.15) is 31.4 Å². The van der Waals surface area contributed by atoms with Gasteiger partial charge in [-0.1, -0.05) is 0 Å². The van der Waals surface area contributed by atoms with Gasteiger partial charge in [-0.2, -0.15) is 13.2 Å². The Morgan fingerprint density at radius 3 is 2.84 bits per heavy atom. The van der Waals surface area contributed by atoms with Crippen LogP contribution in [-0.4, -0.2) is 29.2 Å². The summed E-state index contributed by atoms with van der Waals surface area (Å²) >= 11 is 0. The van der Waals surface area contributed by atoms with Crippen molar-refractivity contribution in [1.29, 1.82) is 0 Å². The first-order valence-corrected chi connectivity index (χ1v) is 6.18. The summed E-state index contributed by atoms with van der Waals surface area (Å²) < 4.78 is 42.9. The van der Waals surface area contributed by atoms with E-state index in [1.165, 1.54) is 0 Å². The third kappa shape index (κ3) is 3.79. The average molecular weight is 275 g/mol. The SMILES string of the molecule is COC1CCCC(Nc2nccc(C(F)(F)F)n2)C1. The molecule has 19 heavy (non-hydrogen) atoms. The third-order valence-corrected chi connectivity index (χ3v) is 3.24. The molecule has 7 heteroatoms. The first-order valence-electron chi connectivity index (χ1n) is 6.18. The number of rotatable bonds is 3. The summed E-state index contributed by atoms with van der Waals surface area (Å²) in [5, 5.41) is 2.96. The summed E-state index contributed by atoms with van der Waals surface area (Å²) in [5.74, 6) is 0.0246. The minimum Gasteiger partial charge on any atom is -0.381 e. The zero-order chi connectivity index (χ0) is 13.9. The molecule has 0 radical (unpaired) electrons. The molecule has 0 amide bonds. The first kappa shape index (κ1) is 14.0. The van der Waals surface area contributed by atoms with E-state index in [2.05, 4.69) is 15.3 Å². The standard InChI is InChI=1S/C12H16F3N3O/c1-19-9-4-2-3-8(7-9)17-11-16-6-5-10(18-11)12(13,14)15/h5-6,8-9H,2-4,7H2,1H3,(H,16,17,18). The Hall–Kier alpha value is -1.37. The molecule has 1 heterocycles. The molecule has 106 valence electrons. The van der Waals surface area contributed by atoms with Crippen LogP contribution in [0.2, 0.25) is 0 Å². The van der Waals surface area contributed by atoms with Crippen molar-refractivity contribution in [3.8, 4) is 0 Å². The Morgan fingerprint density at radius 1 is 1.37 bits per heavy atom. The molecule has 2 rings (SSSR count). The molecule has 0 spiro atoms. The highest BCUT2D eigenvalue weighted by molar-refractivity contribution is 5.27. The molecule has 0 saturated heterocycles. The van der Waals surface area contributed by atoms with Crippen molar-refractivity contribution in [3.05, 3.63) is 18.0 Å². The average Bonchev–Trinajstić information content (AvgIpc) is 2.38. The number of hydrogen-bond acceptors (Lipinski definition) is 4. The predicted molar refractivity (Wildman–Crippen MR) is 63.7 cm³/mol. The van der Waals surface area contributed by atoms with Crippen LogP contribution < -0.4 is 5.32 Å². The summed E-state index contributed by atoms with van der Waals surface area (Å²) in [5.41, 5.74) is -0.927. The Labute approximate surface area is 109 Å². The van der Waals surface area contributed by atoms with E-state index in [1.807, 2.05) is 0 Å². The van der Waals surface area contributed by atoms with Gasteiger partial charge in [-0.15, -0.1) is 0 Å². The topological polar surface area (TPSA) is 47.0 Å². The Kier molecular flexibility index (Phi) is 4.24. The highest BCUT2D eigenvalue weighted by atomic mass is 19.4. The summed E-state index contributed by atoms with van der Waals surface area (Å²) in [6, 6.07) is 0.923. The Balaban J connectivity index is 2.03. The molecule has 1 aliphatic carbocycles. The second-order valence-electron chi connectivity index (χ2n) is 4.63. The number of anilines is 1. The van der Waals surface area contributed by atoms with Crippen LogP contribution in [0, 0.1) is 0 Å². The number of aromatic nitrogens is 2. The van der Waals surface area contributed by atoms with Gasteiger partial charge in [0, 0.05) is 19.3 Å². The molecule has 1 aromatic rings. The molecule has 1 N–H and O–H groups in total. The molecule has 0 aliphatic heterocycles. The van der Waals surface area contributed by atoms with Crippen molar-refractivity contribution in [2.24, 2.45) is 0 Å². The lowest BCUT2D eigenvalue weighted by Crippen LogP contribution is -2.31. The van der Waals surface area contributed by atoms with E-state index in [0.29, 0.717) is 0 Å². The van der Waals surface area contributed by atoms with Crippen LogP contribution in [0.25, 0.3) is 0 Å². The van der Waals surface area contributed by atoms with Gasteiger partial charge in [0.25, 0.3) is 0 Å². The van der Waals surface area contributed by atoms with Crippen LogP contribution in [0.4, 0.5) is 19.1 Å². The largest absolute Gasteiger partial charge is 0.433 e. The molecule has 4 nitrogen and oxygen atoms in total. The maximum Gasteiger partial charge on any atom is 0.433 e. The third-order valence-electron chi connectivity index (χ3n) is 3.24. The number of hydrogen-bond donors (Lipinski definition) is 1. The molecule has 0 bridgehead atoms. The minimum absolute atomic E-state index is 0.0246. The van der Waals surface area contributed by atoms with E-state index in [1.54, 1.807) is 7.11 Å². The first-order chi connectivity index (χ1) is 8.99. The normalized spacial score (nSPS) is 24.2. The van der Waals surface area contributed by atoms with Gasteiger partial charge in [-0.05, 0) is 31.7 Å². The number of nitrogens with zero attached hydrogens (tertiary/aromatic N) is 2. The lowest BCUT2D eigenvalue weighted by Gasteiger charge is -2.28. The molecule has 1 aliphatic rings. The number of alkyl halides is 3. The van der Waals surface area contributed by atoms with Gasteiger partial charge in [0.05, 0.1) is 6.10 Å². The van der Waals surface area contributed by atoms with E-state index < -0.39 is 11.9 Å². The monoisotopic (exact) mass is 275 g/mol. The minimum atomic E-state index is -4.44. The number of nitrogens with one attached hydrogen (secondary N) is 1. The molecular formula is C12H16F3N3O. The highest BCUT2D eigenvalue weighted by Crippen LogP contribution is 2.28. The van der Waals surface area contributed by atoms with Gasteiger partial charge >= 0.3 is 6.18 Å². The fourth-order valence-electron chi connectivity index (χ4n) is 2.26. The summed E-state index contributed by atoms with van der Waals surface area (Å²) in [6.07, 6.45) is 0.440. The molecule has 1 fully saturated rings. The smallest absolute Gasteiger partial charge is 0.381 e. The van der Waals surface area contributed by atoms with Gasteiger partial charge in [0.1, 0.15) is 5.69 Å². The van der Waals surface area contributed by atoms with Crippen LogP contribution in [0.15, 0.2) is 12.3 Å². The predicted octanol–water partition coefficient (Wildman–Crippen LogP) is 2.86. The molecule has 2 unspecified atom stereocenters. The Morgan fingerprint density at radius 2 is 2.16 bits per heavy atom. The van der Waals surface area contributed by atoms with Gasteiger partial charge in [0.15, 0.2) is 0 Å². The molecular weight excluding hydrogens is 259 g/mol. The van der Waals surface area contributed by atoms with Gasteiger partial charge in [0.2, 0.25) is 5.95 Å². The van der Waals surface area contributed by atoms with Gasteiger partial charge in [-0.3, -0.25) is 0 Å². The Bertz CT molecular complexity index is 425. The summed E-state index contributed by atoms with van der Waals surface area (Å²) in [4.78, 5) is 7.34. The van der Waals surface area contributed by atoms with Crippen molar-refractivity contribution >= 4 is 5.95 Å². The van der Waals surface area contributed by atoms with E-state index in [4.69, 9.17) is 4.74 Å². The highest BCUT2D eigenvalue weighted by Gasteiger charge is 2.33. The van der Waals surface area contributed by atoms with Crippen molar-refractivity contribution in [2.45, 2.75) is 44.0 Å². The summed E-state index contributed by atoms with van der Waals surface area (Å²) in [7, 11) is 1.65. The maximum atomic E-state index is 12.5. The van der Waals surface area contributed by atoms with Gasteiger partial charge < -0.3 is 10.1 Å². The van der Waals surface area contributed by atoms with Crippen molar-refractivity contribution in [3.63, 3.8) is 0 Å². The number of methoxy groups -OCH3 is 1. The molecule has 0 aromatic carbocycles. The second-order valence-corrected chi connectivity index (χ2v) is 4.63. The van der Waals surface area contributed by atoms with E-state index in [9.17, 15) is 13.2 Å². The lowest BCUT2D eigenvalue weighted by atomic mass is 9.93. The van der Waals surface area contributed by atoms with E-state index in [0.717, 1.165) is 37.9 Å². The fraction of sp³-hybridized carbons (Fsp3) is 0.667. The summed E-state index contributed by atoms with van der Waals surface area (Å²) in [6.45, 7) is 0. The zero-order valence-electron chi connectivity index (χ0n) is 10.6. The molecule has 1 saturated carbocycles. The van der Waals surface area contributed by atoms with Crippen LogP contribution >= 0.6 is 0 Å². The lowest BCUT2D eigenvalue weighted by molar-refractivity contribution is -0.141. The number of ether oxygens (including phenoxy) is 1. The zero-order valence-corrected chi connectivity index (χ0v) is 10.6. The fourth-order valence-corrected chi connectivity index (χ4v) is 2.26. The van der Waals surface area contributed by atoms with Crippen molar-refractivity contribution in [1.82, 2.24) is 9.97 Å². The molecule has 2 atom stereocenters. The van der Waals surface area contributed by atoms with E-state index in [-0.39, 0.29) is 18.1 Å². The van der Waals surface area contributed by atoms with Crippen LogP contribution in [0.5, 0.6) is 0 Å². The van der Waals surface area contributed by atoms with Crippen molar-refractivity contribution < 1.29 is 17.9 Å². The van der Waals surface area contributed by atoms with Crippen LogP contribution in [0.3, 0.4) is 0 Å². The van der Waals surface area contributed by atoms with Gasteiger partial charge in [-0.25, -0.2) is 9.97 Å². The van der Waals surface area contributed by atoms with Crippen molar-refractivity contribution in [2.75, 3.05) is 12.4 Å². The van der Waals surface area contributed by atoms with Crippen LogP contribution in [-0.2, 0) is 10.9 Å². The maximum absolute atomic E-state index is 12.5.